The Hall–Kier alpha value is -0.650. The number of likely N-dealkylation sites (tertiary alicyclic amines) is 1. The van der Waals surface area contributed by atoms with Crippen molar-refractivity contribution < 1.29 is 14.3 Å². The fourth-order valence-corrected chi connectivity index (χ4v) is 2.71. The molecule has 2 heterocycles. The number of rotatable bonds is 2. The van der Waals surface area contributed by atoms with Crippen molar-refractivity contribution in [1.82, 2.24) is 4.90 Å². The molecule has 0 radical (unpaired) electrons. The zero-order valence-corrected chi connectivity index (χ0v) is 10.4. The van der Waals surface area contributed by atoms with Gasteiger partial charge < -0.3 is 20.1 Å². The van der Waals surface area contributed by atoms with Crippen molar-refractivity contribution in [1.29, 1.82) is 0 Å². The lowest BCUT2D eigenvalue weighted by Crippen LogP contribution is -2.56. The quantitative estimate of drug-likeness (QED) is 0.747. The summed E-state index contributed by atoms with van der Waals surface area (Å²) in [6.07, 6.45) is 2.77. The fraction of sp³-hybridized carbons (Fsp3) is 0.917. The van der Waals surface area contributed by atoms with Crippen molar-refractivity contribution in [2.75, 3.05) is 26.4 Å². The van der Waals surface area contributed by atoms with Crippen LogP contribution in [-0.4, -0.2) is 55.4 Å². The van der Waals surface area contributed by atoms with Crippen LogP contribution in [0.4, 0.5) is 0 Å². The van der Waals surface area contributed by atoms with E-state index in [0.29, 0.717) is 26.4 Å². The Labute approximate surface area is 102 Å². The Morgan fingerprint density at radius 1 is 1.41 bits per heavy atom. The fourth-order valence-electron chi connectivity index (χ4n) is 2.71. The summed E-state index contributed by atoms with van der Waals surface area (Å²) in [4.78, 5) is 14.3. The van der Waals surface area contributed by atoms with Crippen LogP contribution in [-0.2, 0) is 14.3 Å². The van der Waals surface area contributed by atoms with Crippen LogP contribution in [0.15, 0.2) is 0 Å². The van der Waals surface area contributed by atoms with E-state index in [-0.39, 0.29) is 18.0 Å². The van der Waals surface area contributed by atoms with Gasteiger partial charge in [-0.05, 0) is 26.2 Å². The van der Waals surface area contributed by atoms with E-state index in [2.05, 4.69) is 6.92 Å². The molecule has 0 bridgehead atoms. The monoisotopic (exact) mass is 242 g/mol. The first-order chi connectivity index (χ1) is 8.24. The van der Waals surface area contributed by atoms with Gasteiger partial charge in [0, 0.05) is 18.6 Å². The lowest BCUT2D eigenvalue weighted by Gasteiger charge is -2.42. The molecule has 5 nitrogen and oxygen atoms in total. The number of ether oxygens (including phenoxy) is 2. The molecule has 0 saturated carbocycles. The summed E-state index contributed by atoms with van der Waals surface area (Å²) in [5.41, 5.74) is 5.76. The predicted molar refractivity (Wildman–Crippen MR) is 63.6 cm³/mol. The van der Waals surface area contributed by atoms with Gasteiger partial charge >= 0.3 is 0 Å². The van der Waals surface area contributed by atoms with E-state index < -0.39 is 6.10 Å². The van der Waals surface area contributed by atoms with Crippen LogP contribution in [0.2, 0.25) is 0 Å². The first-order valence-corrected chi connectivity index (χ1v) is 6.45. The van der Waals surface area contributed by atoms with Crippen LogP contribution in [0.5, 0.6) is 0 Å². The molecule has 2 N–H and O–H groups in total. The zero-order valence-electron chi connectivity index (χ0n) is 10.4. The van der Waals surface area contributed by atoms with Gasteiger partial charge in [-0.3, -0.25) is 4.79 Å². The first-order valence-electron chi connectivity index (χ1n) is 6.45. The largest absolute Gasteiger partial charge is 0.376 e. The summed E-state index contributed by atoms with van der Waals surface area (Å²) in [7, 11) is 0. The lowest BCUT2D eigenvalue weighted by atomic mass is 9.95. The van der Waals surface area contributed by atoms with Gasteiger partial charge in [0.15, 0.2) is 6.10 Å². The number of piperidine rings is 1. The molecule has 2 saturated heterocycles. The first kappa shape index (κ1) is 12.8. The van der Waals surface area contributed by atoms with Crippen molar-refractivity contribution >= 4 is 5.91 Å². The summed E-state index contributed by atoms with van der Waals surface area (Å²) in [5, 5.41) is 0. The Morgan fingerprint density at radius 2 is 2.24 bits per heavy atom. The van der Waals surface area contributed by atoms with Crippen molar-refractivity contribution in [3.8, 4) is 0 Å². The average molecular weight is 242 g/mol. The van der Waals surface area contributed by atoms with Gasteiger partial charge in [-0.1, -0.05) is 0 Å². The van der Waals surface area contributed by atoms with Gasteiger partial charge in [0.25, 0.3) is 5.91 Å². The van der Waals surface area contributed by atoms with Crippen LogP contribution in [0.25, 0.3) is 0 Å². The molecule has 5 heteroatoms. The molecule has 0 aliphatic carbocycles. The van der Waals surface area contributed by atoms with E-state index in [0.717, 1.165) is 19.3 Å². The molecule has 3 unspecified atom stereocenters. The average Bonchev–Trinajstić information content (AvgIpc) is 2.38. The molecule has 1 amide bonds. The molecular formula is C12H22N2O3. The second-order valence-electron chi connectivity index (χ2n) is 4.85. The maximum Gasteiger partial charge on any atom is 0.254 e. The van der Waals surface area contributed by atoms with Crippen molar-refractivity contribution in [3.63, 3.8) is 0 Å². The standard InChI is InChI=1S/C12H22N2O3/c1-9-3-2-4-10(7-13)14(9)12(15)11-8-16-5-6-17-11/h9-11H,2-8,13H2,1H3. The lowest BCUT2D eigenvalue weighted by molar-refractivity contribution is -0.164. The van der Waals surface area contributed by atoms with E-state index in [1.807, 2.05) is 4.90 Å². The highest BCUT2D eigenvalue weighted by atomic mass is 16.6. The molecule has 2 fully saturated rings. The minimum atomic E-state index is -0.432. The third kappa shape index (κ3) is 2.78. The third-order valence-corrected chi connectivity index (χ3v) is 3.65. The molecule has 0 aromatic carbocycles. The van der Waals surface area contributed by atoms with Gasteiger partial charge in [0.2, 0.25) is 0 Å². The minimum absolute atomic E-state index is 0.0485. The topological polar surface area (TPSA) is 64.8 Å². The van der Waals surface area contributed by atoms with Gasteiger partial charge in [-0.15, -0.1) is 0 Å². The summed E-state index contributed by atoms with van der Waals surface area (Å²) in [6.45, 7) is 4.08. The highest BCUT2D eigenvalue weighted by Crippen LogP contribution is 2.24. The Balaban J connectivity index is 2.03. The number of carbonyl (C=O) groups is 1. The SMILES string of the molecule is CC1CCCC(CN)N1C(=O)C1COCCO1. The molecule has 3 atom stereocenters. The Bertz CT molecular complexity index is 266. The van der Waals surface area contributed by atoms with Crippen LogP contribution in [0, 0.1) is 0 Å². The van der Waals surface area contributed by atoms with Crippen molar-refractivity contribution in [2.45, 2.75) is 44.4 Å². The number of carbonyl (C=O) groups excluding carboxylic acids is 1. The molecule has 0 aromatic rings. The van der Waals surface area contributed by atoms with E-state index in [1.165, 1.54) is 0 Å². The van der Waals surface area contributed by atoms with Gasteiger partial charge in [0.1, 0.15) is 0 Å². The van der Waals surface area contributed by atoms with E-state index in [4.69, 9.17) is 15.2 Å². The van der Waals surface area contributed by atoms with Gasteiger partial charge in [-0.2, -0.15) is 0 Å². The van der Waals surface area contributed by atoms with Crippen molar-refractivity contribution in [2.24, 2.45) is 5.73 Å². The van der Waals surface area contributed by atoms with E-state index in [1.54, 1.807) is 0 Å². The normalized spacial score (nSPS) is 34.7. The molecule has 2 rings (SSSR count). The van der Waals surface area contributed by atoms with E-state index >= 15 is 0 Å². The van der Waals surface area contributed by atoms with Crippen LogP contribution in [0.3, 0.4) is 0 Å². The highest BCUT2D eigenvalue weighted by Gasteiger charge is 2.36. The third-order valence-electron chi connectivity index (χ3n) is 3.65. The second kappa shape index (κ2) is 5.80. The number of hydrogen-bond donors (Lipinski definition) is 1. The molecule has 2 aliphatic rings. The molecule has 98 valence electrons. The molecular weight excluding hydrogens is 220 g/mol. The molecule has 2 aliphatic heterocycles. The zero-order chi connectivity index (χ0) is 12.3. The number of nitrogens with two attached hydrogens (primary N) is 1. The molecule has 0 spiro atoms. The van der Waals surface area contributed by atoms with Crippen molar-refractivity contribution in [3.05, 3.63) is 0 Å². The van der Waals surface area contributed by atoms with Crippen LogP contribution >= 0.6 is 0 Å². The Kier molecular flexibility index (Phi) is 4.36. The number of nitrogens with zero attached hydrogens (tertiary/aromatic N) is 1. The second-order valence-corrected chi connectivity index (χ2v) is 4.85. The smallest absolute Gasteiger partial charge is 0.254 e. The summed E-state index contributed by atoms with van der Waals surface area (Å²) in [6, 6.07) is 0.423. The van der Waals surface area contributed by atoms with Gasteiger partial charge in [-0.25, -0.2) is 0 Å². The maximum absolute atomic E-state index is 12.4. The molecule has 17 heavy (non-hydrogen) atoms. The number of amides is 1. The van der Waals surface area contributed by atoms with E-state index in [9.17, 15) is 4.79 Å². The minimum Gasteiger partial charge on any atom is -0.376 e. The highest BCUT2D eigenvalue weighted by molar-refractivity contribution is 5.82. The van der Waals surface area contributed by atoms with Crippen LogP contribution < -0.4 is 5.73 Å². The molecule has 0 aromatic heterocycles. The maximum atomic E-state index is 12.4. The van der Waals surface area contributed by atoms with Crippen LogP contribution in [0.1, 0.15) is 26.2 Å². The number of hydrogen-bond acceptors (Lipinski definition) is 4. The predicted octanol–water partition coefficient (Wildman–Crippen LogP) is 0.130. The van der Waals surface area contributed by atoms with Gasteiger partial charge in [0.05, 0.1) is 19.8 Å². The summed E-state index contributed by atoms with van der Waals surface area (Å²) >= 11 is 0. The summed E-state index contributed by atoms with van der Waals surface area (Å²) < 4.78 is 10.8. The summed E-state index contributed by atoms with van der Waals surface area (Å²) in [5.74, 6) is 0.0485. The Morgan fingerprint density at radius 3 is 2.88 bits per heavy atom.